The van der Waals surface area contributed by atoms with Gasteiger partial charge in [-0.15, -0.1) is 34.2 Å². The average molecular weight is 500 g/mol. The Bertz CT molecular complexity index is 731. The molecule has 0 unspecified atom stereocenters. The standard InChI is InChI=1S/C20H32N6O.HI/c1-5-12-27-18-13-16(4)8-9-17(18)14-23-20(21-7-3)22-10-11-26-15-24-25-19(26)6-2;/h8-9,13,15H,5-7,10-12,14H2,1-4H3,(H2,21,22,23);1H. The zero-order valence-corrected chi connectivity index (χ0v) is 19.7. The minimum Gasteiger partial charge on any atom is -0.493 e. The smallest absolute Gasteiger partial charge is 0.191 e. The summed E-state index contributed by atoms with van der Waals surface area (Å²) in [7, 11) is 0. The van der Waals surface area contributed by atoms with Crippen molar-refractivity contribution in [2.24, 2.45) is 4.99 Å². The highest BCUT2D eigenvalue weighted by Gasteiger charge is 2.06. The van der Waals surface area contributed by atoms with Gasteiger partial charge in [0.1, 0.15) is 17.9 Å². The van der Waals surface area contributed by atoms with Gasteiger partial charge >= 0.3 is 0 Å². The Hall–Kier alpha value is -1.84. The zero-order valence-electron chi connectivity index (χ0n) is 17.4. The van der Waals surface area contributed by atoms with Gasteiger partial charge in [-0.2, -0.15) is 0 Å². The Labute approximate surface area is 185 Å². The van der Waals surface area contributed by atoms with Crippen molar-refractivity contribution in [1.82, 2.24) is 25.4 Å². The van der Waals surface area contributed by atoms with Gasteiger partial charge < -0.3 is 19.9 Å². The molecule has 0 aliphatic heterocycles. The summed E-state index contributed by atoms with van der Waals surface area (Å²) in [6, 6.07) is 6.28. The van der Waals surface area contributed by atoms with Crippen LogP contribution in [-0.2, 0) is 19.5 Å². The number of nitrogens with one attached hydrogen (secondary N) is 2. The van der Waals surface area contributed by atoms with E-state index in [-0.39, 0.29) is 24.0 Å². The molecule has 0 aliphatic carbocycles. The topological polar surface area (TPSA) is 76.4 Å². The summed E-state index contributed by atoms with van der Waals surface area (Å²) < 4.78 is 7.95. The van der Waals surface area contributed by atoms with Crippen LogP contribution in [0.2, 0.25) is 0 Å². The lowest BCUT2D eigenvalue weighted by molar-refractivity contribution is 0.314. The molecular weight excluding hydrogens is 467 g/mol. The molecule has 0 bridgehead atoms. The number of halogens is 1. The number of guanidine groups is 1. The molecule has 2 rings (SSSR count). The van der Waals surface area contributed by atoms with E-state index in [1.165, 1.54) is 5.56 Å². The first-order chi connectivity index (χ1) is 13.2. The summed E-state index contributed by atoms with van der Waals surface area (Å²) in [4.78, 5) is 4.72. The quantitative estimate of drug-likeness (QED) is 0.298. The van der Waals surface area contributed by atoms with Crippen molar-refractivity contribution < 1.29 is 4.74 Å². The maximum atomic E-state index is 5.89. The van der Waals surface area contributed by atoms with Crippen LogP contribution >= 0.6 is 24.0 Å². The average Bonchev–Trinajstić information content (AvgIpc) is 3.12. The molecule has 28 heavy (non-hydrogen) atoms. The molecule has 7 nitrogen and oxygen atoms in total. The minimum absolute atomic E-state index is 0. The van der Waals surface area contributed by atoms with Crippen LogP contribution < -0.4 is 15.4 Å². The van der Waals surface area contributed by atoms with Crippen LogP contribution in [0.3, 0.4) is 0 Å². The Balaban J connectivity index is 0.00000392. The van der Waals surface area contributed by atoms with Gasteiger partial charge in [0.15, 0.2) is 5.96 Å². The molecule has 8 heteroatoms. The molecule has 0 fully saturated rings. The third-order valence-electron chi connectivity index (χ3n) is 4.09. The van der Waals surface area contributed by atoms with Crippen molar-refractivity contribution in [3.63, 3.8) is 0 Å². The first-order valence-corrected chi connectivity index (χ1v) is 9.79. The molecule has 1 heterocycles. The second-order valence-corrected chi connectivity index (χ2v) is 6.38. The number of rotatable bonds is 10. The Morgan fingerprint density at radius 1 is 1.21 bits per heavy atom. The molecule has 0 spiro atoms. The number of hydrogen-bond donors (Lipinski definition) is 2. The Kier molecular flexibility index (Phi) is 11.5. The van der Waals surface area contributed by atoms with Crippen LogP contribution in [0.5, 0.6) is 5.75 Å². The lowest BCUT2D eigenvalue weighted by Crippen LogP contribution is -2.38. The van der Waals surface area contributed by atoms with Crippen LogP contribution in [0.1, 0.15) is 44.1 Å². The number of benzene rings is 1. The fourth-order valence-electron chi connectivity index (χ4n) is 2.68. The normalized spacial score (nSPS) is 11.1. The van der Waals surface area contributed by atoms with Crippen molar-refractivity contribution in [2.75, 3.05) is 19.7 Å². The monoisotopic (exact) mass is 500 g/mol. The van der Waals surface area contributed by atoms with Gasteiger partial charge in [-0.1, -0.05) is 26.0 Å². The van der Waals surface area contributed by atoms with Gasteiger partial charge in [-0.3, -0.25) is 0 Å². The molecule has 2 N–H and O–H groups in total. The minimum atomic E-state index is 0. The van der Waals surface area contributed by atoms with Crippen LogP contribution in [0.25, 0.3) is 0 Å². The van der Waals surface area contributed by atoms with E-state index in [0.29, 0.717) is 6.54 Å². The molecule has 0 amide bonds. The van der Waals surface area contributed by atoms with Gasteiger partial charge in [0.2, 0.25) is 0 Å². The predicted octanol–water partition coefficient (Wildman–Crippen LogP) is 3.31. The van der Waals surface area contributed by atoms with E-state index in [1.807, 2.05) is 0 Å². The van der Waals surface area contributed by atoms with Crippen molar-refractivity contribution in [3.8, 4) is 5.75 Å². The first kappa shape index (κ1) is 24.2. The third kappa shape index (κ3) is 7.65. The van der Waals surface area contributed by atoms with Crippen molar-refractivity contribution >= 4 is 29.9 Å². The van der Waals surface area contributed by atoms with E-state index in [1.54, 1.807) is 6.33 Å². The van der Waals surface area contributed by atoms with E-state index in [9.17, 15) is 0 Å². The zero-order chi connectivity index (χ0) is 19.5. The van der Waals surface area contributed by atoms with Crippen LogP contribution in [-0.4, -0.2) is 40.4 Å². The summed E-state index contributed by atoms with van der Waals surface area (Å²) in [5, 5.41) is 14.8. The number of aromatic nitrogens is 3. The van der Waals surface area contributed by atoms with Gasteiger partial charge in [0.05, 0.1) is 13.2 Å². The third-order valence-corrected chi connectivity index (χ3v) is 4.09. The lowest BCUT2D eigenvalue weighted by atomic mass is 10.1. The molecule has 2 aromatic rings. The highest BCUT2D eigenvalue weighted by Crippen LogP contribution is 2.21. The van der Waals surface area contributed by atoms with Crippen LogP contribution in [0.15, 0.2) is 29.5 Å². The SMILES string of the molecule is CCCOc1cc(C)ccc1CN=C(NCC)NCCn1cnnc1CC.I. The Morgan fingerprint density at radius 3 is 2.75 bits per heavy atom. The fourth-order valence-corrected chi connectivity index (χ4v) is 2.68. The van der Waals surface area contributed by atoms with E-state index in [4.69, 9.17) is 9.73 Å². The molecule has 0 atom stereocenters. The van der Waals surface area contributed by atoms with E-state index < -0.39 is 0 Å². The first-order valence-electron chi connectivity index (χ1n) is 9.79. The Morgan fingerprint density at radius 2 is 2.04 bits per heavy atom. The molecule has 0 radical (unpaired) electrons. The molecule has 0 saturated heterocycles. The van der Waals surface area contributed by atoms with E-state index in [2.05, 4.69) is 71.3 Å². The van der Waals surface area contributed by atoms with Crippen LogP contribution in [0.4, 0.5) is 0 Å². The molecule has 0 aliphatic rings. The maximum absolute atomic E-state index is 5.89. The molecule has 156 valence electrons. The lowest BCUT2D eigenvalue weighted by Gasteiger charge is -2.14. The summed E-state index contributed by atoms with van der Waals surface area (Å²) in [6.07, 6.45) is 3.64. The predicted molar refractivity (Wildman–Crippen MR) is 125 cm³/mol. The molecule has 1 aromatic heterocycles. The van der Waals surface area contributed by atoms with Crippen molar-refractivity contribution in [3.05, 3.63) is 41.5 Å². The second kappa shape index (κ2) is 13.4. The fraction of sp³-hybridized carbons (Fsp3) is 0.550. The van der Waals surface area contributed by atoms with Gasteiger partial charge in [0.25, 0.3) is 0 Å². The largest absolute Gasteiger partial charge is 0.493 e. The number of ether oxygens (including phenoxy) is 1. The van der Waals surface area contributed by atoms with Gasteiger partial charge in [-0.25, -0.2) is 4.99 Å². The second-order valence-electron chi connectivity index (χ2n) is 6.38. The number of aryl methyl sites for hydroxylation is 2. The maximum Gasteiger partial charge on any atom is 0.191 e. The van der Waals surface area contributed by atoms with E-state index >= 15 is 0 Å². The number of hydrogen-bond acceptors (Lipinski definition) is 4. The molecular formula is C20H33IN6O. The highest BCUT2D eigenvalue weighted by molar-refractivity contribution is 14.0. The summed E-state index contributed by atoms with van der Waals surface area (Å²) in [5.41, 5.74) is 2.29. The highest BCUT2D eigenvalue weighted by atomic mass is 127. The number of nitrogens with zero attached hydrogens (tertiary/aromatic N) is 4. The summed E-state index contributed by atoms with van der Waals surface area (Å²) in [6.45, 7) is 12.0. The van der Waals surface area contributed by atoms with Crippen molar-refractivity contribution in [1.29, 1.82) is 0 Å². The van der Waals surface area contributed by atoms with Gasteiger partial charge in [0, 0.05) is 31.6 Å². The van der Waals surface area contributed by atoms with Crippen molar-refractivity contribution in [2.45, 2.75) is 53.6 Å². The van der Waals surface area contributed by atoms with Gasteiger partial charge in [-0.05, 0) is 31.9 Å². The van der Waals surface area contributed by atoms with E-state index in [0.717, 1.165) is 62.2 Å². The van der Waals surface area contributed by atoms with Crippen LogP contribution in [0, 0.1) is 6.92 Å². The molecule has 0 saturated carbocycles. The molecule has 1 aromatic carbocycles. The summed E-state index contributed by atoms with van der Waals surface area (Å²) in [5.74, 6) is 2.72. The summed E-state index contributed by atoms with van der Waals surface area (Å²) >= 11 is 0. The number of aliphatic imine (C=N–C) groups is 1.